The first-order valence-electron chi connectivity index (χ1n) is 18.2. The van der Waals surface area contributed by atoms with E-state index in [0.29, 0.717) is 0 Å². The Morgan fingerprint density at radius 1 is 0.582 bits per heavy atom. The number of furan rings is 2. The van der Waals surface area contributed by atoms with Crippen molar-refractivity contribution in [3.63, 3.8) is 0 Å². The second kappa shape index (κ2) is 16.0. The van der Waals surface area contributed by atoms with E-state index in [-0.39, 0.29) is 21.4 Å². The Balaban J connectivity index is 0.000000144. The van der Waals surface area contributed by atoms with Crippen LogP contribution in [0.2, 0.25) is 12.1 Å². The Kier molecular flexibility index (Phi) is 11.5. The molecule has 6 aromatic carbocycles. The predicted octanol–water partition coefficient (Wildman–Crippen LogP) is 14.8. The Labute approximate surface area is 346 Å². The zero-order chi connectivity index (χ0) is 39.2. The van der Waals surface area contributed by atoms with Crippen LogP contribution in [0.1, 0.15) is 33.8 Å². The molecule has 2 nitrogen and oxygen atoms in total. The summed E-state index contributed by atoms with van der Waals surface area (Å²) in [7, 11) is 0. The number of hydrogen-bond donors (Lipinski definition) is 0. The van der Waals surface area contributed by atoms with Gasteiger partial charge in [-0.3, -0.25) is 0 Å². The minimum atomic E-state index is -0.294. The number of alkyl halides is 2. The monoisotopic (exact) mass is 862 g/mol. The zero-order valence-corrected chi connectivity index (χ0v) is 36.6. The molecule has 1 aliphatic rings. The Morgan fingerprint density at radius 2 is 0.964 bits per heavy atom. The summed E-state index contributed by atoms with van der Waals surface area (Å²) in [4.78, 5) is 0. The van der Waals surface area contributed by atoms with Gasteiger partial charge in [0.2, 0.25) is 0 Å². The maximum absolute atomic E-state index is 13.3. The zero-order valence-electron chi connectivity index (χ0n) is 31.6. The van der Waals surface area contributed by atoms with E-state index in [2.05, 4.69) is 64.1 Å². The molecule has 3 heterocycles. The number of fused-ring (bicyclic) bond motifs is 2. The maximum atomic E-state index is 13.3. The van der Waals surface area contributed by atoms with Gasteiger partial charge in [-0.25, -0.2) is 8.78 Å². The summed E-state index contributed by atoms with van der Waals surface area (Å²) in [5.74, 6) is 3.14. The molecule has 0 radical (unpaired) electrons. The fourth-order valence-electron chi connectivity index (χ4n) is 7.22. The molecule has 8 aromatic rings. The van der Waals surface area contributed by atoms with Crippen molar-refractivity contribution in [3.05, 3.63) is 155 Å². The topological polar surface area (TPSA) is 26.3 Å². The van der Waals surface area contributed by atoms with Gasteiger partial charge < -0.3 is 8.83 Å². The van der Waals surface area contributed by atoms with Crippen LogP contribution < -0.4 is 0 Å². The fraction of sp³-hybridized carbons (Fsp3) is 0.191. The molecule has 276 valence electrons. The van der Waals surface area contributed by atoms with E-state index in [1.807, 2.05) is 62.4 Å². The molecule has 55 heavy (non-hydrogen) atoms. The Morgan fingerprint density at radius 3 is 1.25 bits per heavy atom. The van der Waals surface area contributed by atoms with Crippen molar-refractivity contribution in [1.82, 2.24) is 0 Å². The molecule has 8 heteroatoms. The average molecular weight is 865 g/mol. The van der Waals surface area contributed by atoms with Crippen LogP contribution in [0, 0.1) is 53.2 Å². The van der Waals surface area contributed by atoms with E-state index < -0.39 is 0 Å². The van der Waals surface area contributed by atoms with Gasteiger partial charge in [-0.15, -0.1) is 57.9 Å². The van der Waals surface area contributed by atoms with Gasteiger partial charge in [0, 0.05) is 0 Å². The van der Waals surface area contributed by atoms with Gasteiger partial charge in [-0.05, 0) is 112 Å². The third-order valence-corrected chi connectivity index (χ3v) is 16.4. The van der Waals surface area contributed by atoms with E-state index in [9.17, 15) is 8.78 Å². The summed E-state index contributed by atoms with van der Waals surface area (Å²) in [5, 5.41) is 4.71. The number of aryl methyl sites for hydroxylation is 4. The summed E-state index contributed by atoms with van der Waals surface area (Å²) in [6.45, 7) is 12.4. The molecule has 9 rings (SSSR count). The van der Waals surface area contributed by atoms with Gasteiger partial charge >= 0.3 is 68.4 Å². The van der Waals surface area contributed by atoms with E-state index in [1.54, 1.807) is 23.3 Å². The molecule has 0 atom stereocenters. The molecule has 0 aliphatic carbocycles. The molecule has 0 unspecified atom stereocenters. The molecular weight excluding hydrogens is 825 g/mol. The molecule has 0 saturated carbocycles. The summed E-state index contributed by atoms with van der Waals surface area (Å²) in [5.41, 5.74) is 11.5. The molecule has 0 spiro atoms. The van der Waals surface area contributed by atoms with Crippen LogP contribution in [-0.4, -0.2) is 9.77 Å². The summed E-state index contributed by atoms with van der Waals surface area (Å²) < 4.78 is 37.9. The first-order chi connectivity index (χ1) is 26.2. The van der Waals surface area contributed by atoms with Crippen LogP contribution in [0.15, 0.2) is 118 Å². The van der Waals surface area contributed by atoms with E-state index in [4.69, 9.17) is 32.0 Å². The van der Waals surface area contributed by atoms with Crippen molar-refractivity contribution >= 4 is 50.2 Å². The van der Waals surface area contributed by atoms with Crippen LogP contribution in [0.5, 0.6) is 0 Å². The van der Waals surface area contributed by atoms with Crippen molar-refractivity contribution in [2.45, 2.75) is 58.0 Å². The normalized spacial score (nSPS) is 13.3. The number of benzene rings is 4. The minimum absolute atomic E-state index is 0.0262. The second-order valence-corrected chi connectivity index (χ2v) is 23.3. The van der Waals surface area contributed by atoms with Gasteiger partial charge in [0.1, 0.15) is 11.6 Å². The van der Waals surface area contributed by atoms with Crippen LogP contribution >= 0.6 is 23.2 Å². The van der Waals surface area contributed by atoms with E-state index >= 15 is 0 Å². The van der Waals surface area contributed by atoms with Crippen LogP contribution in [0.4, 0.5) is 8.78 Å². The third-order valence-electron chi connectivity index (χ3n) is 10.3. The van der Waals surface area contributed by atoms with Gasteiger partial charge in [0.25, 0.3) is 0 Å². The first kappa shape index (κ1) is 39.4. The molecule has 0 bridgehead atoms. The van der Waals surface area contributed by atoms with Gasteiger partial charge in [-0.1, -0.05) is 57.6 Å². The number of rotatable bonds is 4. The predicted molar refractivity (Wildman–Crippen MR) is 224 cm³/mol. The van der Waals surface area contributed by atoms with Gasteiger partial charge in [0.15, 0.2) is 0 Å². The van der Waals surface area contributed by atoms with Crippen LogP contribution in [0.25, 0.3) is 66.4 Å². The second-order valence-electron chi connectivity index (χ2n) is 14.5. The molecule has 1 fully saturated rings. The van der Waals surface area contributed by atoms with Crippen LogP contribution in [-0.2, 0) is 23.3 Å². The Hall–Kier alpha value is -3.80. The molecule has 0 N–H and O–H groups in total. The number of hydrogen-bond acceptors (Lipinski definition) is 2. The van der Waals surface area contributed by atoms with E-state index in [0.717, 1.165) is 57.4 Å². The third kappa shape index (κ3) is 8.64. The molecular formula is C47H40Cl2F2O2SiZr. The van der Waals surface area contributed by atoms with Crippen LogP contribution in [0.3, 0.4) is 0 Å². The molecule has 1 saturated heterocycles. The van der Waals surface area contributed by atoms with E-state index in [1.165, 1.54) is 79.2 Å². The van der Waals surface area contributed by atoms with Gasteiger partial charge in [0.05, 0.1) is 23.0 Å². The van der Waals surface area contributed by atoms with Crippen molar-refractivity contribution in [2.75, 3.05) is 0 Å². The van der Waals surface area contributed by atoms with Crippen molar-refractivity contribution in [2.24, 2.45) is 0 Å². The first-order valence-corrected chi connectivity index (χ1v) is 24.5. The fourth-order valence-corrected chi connectivity index (χ4v) is 18.1. The van der Waals surface area contributed by atoms with Crippen molar-refractivity contribution in [3.8, 4) is 44.9 Å². The summed E-state index contributed by atoms with van der Waals surface area (Å²) in [6.07, 6.45) is 0. The molecule has 0 amide bonds. The molecule has 2 aromatic heterocycles. The molecule has 1 aliphatic heterocycles. The Bertz CT molecular complexity index is 2490. The average Bonchev–Trinajstić information content (AvgIpc) is 3.94. The summed E-state index contributed by atoms with van der Waals surface area (Å²) >= 11 is 13.1. The van der Waals surface area contributed by atoms with Crippen molar-refractivity contribution in [1.29, 1.82) is 0 Å². The number of halogens is 4. The van der Waals surface area contributed by atoms with Gasteiger partial charge in [-0.2, -0.15) is 0 Å². The summed E-state index contributed by atoms with van der Waals surface area (Å²) in [6, 6.07) is 36.7. The SMILES string of the molecule is Cc1ccc(-c2cc3c(-c4ccc(F)cc4)c(C)c(C)cc3[cH-]2)o1.Cc1ccc(-c2cc3c(-c4ccc(F)cc4)c(C)c(C)cc3[cH-]2)o1.ClC1(Cl)C[Si](=[Zr+2])C1. The standard InChI is InChI=1S/2C22H18FO.C3H4Cl2Si.Zr/c2*1-13-10-17-11-18(21-9-4-14(2)24-21)12-20(17)22(15(13)3)16-5-7-19(23)8-6-16;4-3(5)1-6-2-3;/h2*4-12H,1-3H3;1-2H2;/q2*-1;;+2. The van der Waals surface area contributed by atoms with Crippen molar-refractivity contribution < 1.29 is 41.0 Å². The quantitative estimate of drug-likeness (QED) is 0.100.